The standard InChI is InChI=1S/C15H21FO2/c1-11-4-5-13(16)8-12(11)9-15(17)6-7-18-14(2,3)10-15/h4-5,8,17H,6-7,9-10H2,1-3H3. The summed E-state index contributed by atoms with van der Waals surface area (Å²) >= 11 is 0. The molecule has 2 rings (SSSR count). The first-order chi connectivity index (χ1) is 8.30. The van der Waals surface area contributed by atoms with Crippen molar-refractivity contribution in [3.05, 3.63) is 35.1 Å². The topological polar surface area (TPSA) is 29.5 Å². The van der Waals surface area contributed by atoms with E-state index in [0.29, 0.717) is 25.9 Å². The van der Waals surface area contributed by atoms with Gasteiger partial charge in [-0.1, -0.05) is 6.07 Å². The molecule has 0 aliphatic carbocycles. The lowest BCUT2D eigenvalue weighted by molar-refractivity contribution is -0.143. The van der Waals surface area contributed by atoms with Crippen LogP contribution >= 0.6 is 0 Å². The second kappa shape index (κ2) is 4.63. The zero-order chi connectivity index (χ0) is 13.4. The Morgan fingerprint density at radius 3 is 2.78 bits per heavy atom. The van der Waals surface area contributed by atoms with E-state index in [1.165, 1.54) is 12.1 Å². The maximum Gasteiger partial charge on any atom is 0.123 e. The average Bonchev–Trinajstić information content (AvgIpc) is 2.21. The van der Waals surface area contributed by atoms with Gasteiger partial charge < -0.3 is 9.84 Å². The molecule has 1 aromatic carbocycles. The summed E-state index contributed by atoms with van der Waals surface area (Å²) in [6.45, 7) is 6.46. The highest BCUT2D eigenvalue weighted by Crippen LogP contribution is 2.34. The number of halogens is 1. The zero-order valence-corrected chi connectivity index (χ0v) is 11.3. The molecule has 1 fully saturated rings. The van der Waals surface area contributed by atoms with Crippen LogP contribution in [0.3, 0.4) is 0 Å². The average molecular weight is 252 g/mol. The molecule has 0 radical (unpaired) electrons. The fourth-order valence-corrected chi connectivity index (χ4v) is 2.79. The minimum atomic E-state index is -0.791. The van der Waals surface area contributed by atoms with Crippen LogP contribution < -0.4 is 0 Å². The molecule has 1 unspecified atom stereocenters. The van der Waals surface area contributed by atoms with Gasteiger partial charge in [-0.05, 0) is 50.5 Å². The van der Waals surface area contributed by atoms with Crippen LogP contribution in [0.1, 0.15) is 37.8 Å². The summed E-state index contributed by atoms with van der Waals surface area (Å²) in [7, 11) is 0. The Bertz CT molecular complexity index is 442. The summed E-state index contributed by atoms with van der Waals surface area (Å²) in [6.07, 6.45) is 1.67. The van der Waals surface area contributed by atoms with Crippen molar-refractivity contribution in [2.45, 2.75) is 51.2 Å². The van der Waals surface area contributed by atoms with E-state index in [1.807, 2.05) is 20.8 Å². The number of hydrogen-bond acceptors (Lipinski definition) is 2. The molecule has 0 amide bonds. The molecule has 1 N–H and O–H groups in total. The zero-order valence-electron chi connectivity index (χ0n) is 11.3. The van der Waals surface area contributed by atoms with E-state index < -0.39 is 5.60 Å². The number of aryl methyl sites for hydroxylation is 1. The Morgan fingerprint density at radius 2 is 2.11 bits per heavy atom. The van der Waals surface area contributed by atoms with Gasteiger partial charge in [-0.3, -0.25) is 0 Å². The Morgan fingerprint density at radius 1 is 1.39 bits per heavy atom. The molecule has 18 heavy (non-hydrogen) atoms. The van der Waals surface area contributed by atoms with E-state index in [0.717, 1.165) is 11.1 Å². The van der Waals surface area contributed by atoms with E-state index >= 15 is 0 Å². The Hall–Kier alpha value is -0.930. The SMILES string of the molecule is Cc1ccc(F)cc1CC1(O)CCOC(C)(C)C1. The lowest BCUT2D eigenvalue weighted by Crippen LogP contribution is -2.47. The van der Waals surface area contributed by atoms with Crippen LogP contribution in [0.5, 0.6) is 0 Å². The Kier molecular flexibility index (Phi) is 3.47. The van der Waals surface area contributed by atoms with Crippen molar-refractivity contribution < 1.29 is 14.2 Å². The van der Waals surface area contributed by atoms with Crippen LogP contribution in [0.2, 0.25) is 0 Å². The summed E-state index contributed by atoms with van der Waals surface area (Å²) in [5, 5.41) is 10.7. The molecule has 1 saturated heterocycles. The van der Waals surface area contributed by atoms with Gasteiger partial charge in [-0.2, -0.15) is 0 Å². The van der Waals surface area contributed by atoms with E-state index in [2.05, 4.69) is 0 Å². The second-order valence-electron chi connectivity index (χ2n) is 6.01. The normalized spacial score (nSPS) is 27.2. The van der Waals surface area contributed by atoms with E-state index in [9.17, 15) is 9.50 Å². The van der Waals surface area contributed by atoms with Gasteiger partial charge in [0.15, 0.2) is 0 Å². The maximum atomic E-state index is 13.3. The molecule has 1 atom stereocenters. The Labute approximate surface area is 108 Å². The third-order valence-corrected chi connectivity index (χ3v) is 3.65. The van der Waals surface area contributed by atoms with Crippen molar-refractivity contribution in [2.75, 3.05) is 6.61 Å². The summed E-state index contributed by atoms with van der Waals surface area (Å²) in [4.78, 5) is 0. The van der Waals surface area contributed by atoms with Gasteiger partial charge in [0.05, 0.1) is 17.8 Å². The van der Waals surface area contributed by atoms with Gasteiger partial charge >= 0.3 is 0 Å². The fourth-order valence-electron chi connectivity index (χ4n) is 2.79. The minimum absolute atomic E-state index is 0.245. The van der Waals surface area contributed by atoms with Crippen molar-refractivity contribution in [2.24, 2.45) is 0 Å². The Balaban J connectivity index is 2.19. The van der Waals surface area contributed by atoms with Crippen LogP contribution in [0.25, 0.3) is 0 Å². The van der Waals surface area contributed by atoms with Crippen molar-refractivity contribution in [3.8, 4) is 0 Å². The number of aliphatic hydroxyl groups is 1. The number of benzene rings is 1. The molecule has 0 spiro atoms. The van der Waals surface area contributed by atoms with Crippen LogP contribution in [-0.2, 0) is 11.2 Å². The van der Waals surface area contributed by atoms with Crippen LogP contribution in [-0.4, -0.2) is 22.9 Å². The molecule has 2 nitrogen and oxygen atoms in total. The smallest absolute Gasteiger partial charge is 0.123 e. The predicted molar refractivity (Wildman–Crippen MR) is 69.1 cm³/mol. The van der Waals surface area contributed by atoms with Crippen molar-refractivity contribution in [1.29, 1.82) is 0 Å². The molecule has 0 aromatic heterocycles. The molecular formula is C15H21FO2. The van der Waals surface area contributed by atoms with E-state index in [1.54, 1.807) is 6.07 Å². The molecule has 0 saturated carbocycles. The number of ether oxygens (including phenoxy) is 1. The highest BCUT2D eigenvalue weighted by atomic mass is 19.1. The van der Waals surface area contributed by atoms with Gasteiger partial charge in [0.2, 0.25) is 0 Å². The number of rotatable bonds is 2. The van der Waals surface area contributed by atoms with Gasteiger partial charge in [0.1, 0.15) is 5.82 Å². The van der Waals surface area contributed by atoms with Gasteiger partial charge in [-0.25, -0.2) is 4.39 Å². The summed E-state index contributed by atoms with van der Waals surface area (Å²) < 4.78 is 18.9. The highest BCUT2D eigenvalue weighted by molar-refractivity contribution is 5.28. The lowest BCUT2D eigenvalue weighted by Gasteiger charge is -2.41. The number of hydrogen-bond donors (Lipinski definition) is 1. The highest BCUT2D eigenvalue weighted by Gasteiger charge is 2.39. The van der Waals surface area contributed by atoms with Gasteiger partial charge in [-0.15, -0.1) is 0 Å². The predicted octanol–water partition coefficient (Wildman–Crippen LogP) is 3.00. The first-order valence-electron chi connectivity index (χ1n) is 6.41. The molecule has 1 aliphatic heterocycles. The van der Waals surface area contributed by atoms with Crippen LogP contribution in [0, 0.1) is 12.7 Å². The third-order valence-electron chi connectivity index (χ3n) is 3.65. The van der Waals surface area contributed by atoms with Crippen molar-refractivity contribution >= 4 is 0 Å². The lowest BCUT2D eigenvalue weighted by atomic mass is 9.79. The molecule has 1 aliphatic rings. The van der Waals surface area contributed by atoms with E-state index in [-0.39, 0.29) is 11.4 Å². The van der Waals surface area contributed by atoms with Gasteiger partial charge in [0.25, 0.3) is 0 Å². The molecule has 100 valence electrons. The summed E-state index contributed by atoms with van der Waals surface area (Å²) in [6, 6.07) is 4.74. The quantitative estimate of drug-likeness (QED) is 0.876. The summed E-state index contributed by atoms with van der Waals surface area (Å²) in [5.74, 6) is -0.245. The molecule has 1 heterocycles. The monoisotopic (exact) mass is 252 g/mol. The summed E-state index contributed by atoms with van der Waals surface area (Å²) in [5.41, 5.74) is 0.804. The second-order valence-corrected chi connectivity index (χ2v) is 6.01. The molecule has 3 heteroatoms. The molecule has 1 aromatic rings. The maximum absolute atomic E-state index is 13.3. The van der Waals surface area contributed by atoms with Crippen molar-refractivity contribution in [3.63, 3.8) is 0 Å². The first kappa shape index (κ1) is 13.5. The third kappa shape index (κ3) is 3.09. The molecule has 0 bridgehead atoms. The van der Waals surface area contributed by atoms with Gasteiger partial charge in [0, 0.05) is 12.8 Å². The van der Waals surface area contributed by atoms with E-state index in [4.69, 9.17) is 4.74 Å². The minimum Gasteiger partial charge on any atom is -0.389 e. The van der Waals surface area contributed by atoms with Crippen LogP contribution in [0.15, 0.2) is 18.2 Å². The first-order valence-corrected chi connectivity index (χ1v) is 6.41. The largest absolute Gasteiger partial charge is 0.389 e. The van der Waals surface area contributed by atoms with Crippen molar-refractivity contribution in [1.82, 2.24) is 0 Å². The molecular weight excluding hydrogens is 231 g/mol. The van der Waals surface area contributed by atoms with Crippen LogP contribution in [0.4, 0.5) is 4.39 Å². The fraction of sp³-hybridized carbons (Fsp3) is 0.600.